The first kappa shape index (κ1) is 14.0. The molecule has 1 aliphatic rings. The summed E-state index contributed by atoms with van der Waals surface area (Å²) < 4.78 is 0. The second kappa shape index (κ2) is 8.08. The van der Waals surface area contributed by atoms with Crippen LogP contribution in [0.3, 0.4) is 0 Å². The maximum absolute atomic E-state index is 3.50. The summed E-state index contributed by atoms with van der Waals surface area (Å²) in [6.45, 7) is 12.0. The first-order valence-corrected chi connectivity index (χ1v) is 7.22. The van der Waals surface area contributed by atoms with Gasteiger partial charge in [-0.25, -0.2) is 0 Å². The molecule has 1 rings (SSSR count). The summed E-state index contributed by atoms with van der Waals surface area (Å²) in [6, 6.07) is 0.770. The Morgan fingerprint density at radius 2 is 2.06 bits per heavy atom. The number of nitrogens with one attached hydrogen (secondary N) is 1. The van der Waals surface area contributed by atoms with Crippen molar-refractivity contribution in [1.82, 2.24) is 10.2 Å². The summed E-state index contributed by atoms with van der Waals surface area (Å²) in [6.07, 6.45) is 6.76. The van der Waals surface area contributed by atoms with Gasteiger partial charge in [0.2, 0.25) is 0 Å². The summed E-state index contributed by atoms with van der Waals surface area (Å²) in [5.41, 5.74) is 0. The summed E-state index contributed by atoms with van der Waals surface area (Å²) in [5.74, 6) is 0.982. The van der Waals surface area contributed by atoms with Crippen LogP contribution in [0.5, 0.6) is 0 Å². The minimum Gasteiger partial charge on any atom is -0.317 e. The van der Waals surface area contributed by atoms with Crippen LogP contribution in [-0.4, -0.2) is 37.1 Å². The van der Waals surface area contributed by atoms with Crippen molar-refractivity contribution in [1.29, 1.82) is 0 Å². The molecule has 0 radical (unpaired) electrons. The quantitative estimate of drug-likeness (QED) is 0.640. The van der Waals surface area contributed by atoms with Gasteiger partial charge in [0, 0.05) is 12.6 Å². The van der Waals surface area contributed by atoms with Crippen LogP contribution in [0.4, 0.5) is 0 Å². The van der Waals surface area contributed by atoms with Crippen LogP contribution >= 0.6 is 0 Å². The molecule has 0 aromatic rings. The van der Waals surface area contributed by atoms with Gasteiger partial charge in [-0.05, 0) is 58.2 Å². The Balaban J connectivity index is 2.10. The molecule has 1 fully saturated rings. The van der Waals surface area contributed by atoms with Crippen molar-refractivity contribution in [2.24, 2.45) is 5.92 Å². The van der Waals surface area contributed by atoms with Crippen LogP contribution in [0.25, 0.3) is 0 Å². The van der Waals surface area contributed by atoms with Crippen molar-refractivity contribution in [3.05, 3.63) is 0 Å². The van der Waals surface area contributed by atoms with Crippen LogP contribution in [0.2, 0.25) is 0 Å². The highest BCUT2D eigenvalue weighted by molar-refractivity contribution is 4.79. The maximum Gasteiger partial charge on any atom is 0.00791 e. The number of nitrogens with zero attached hydrogens (tertiary/aromatic N) is 1. The molecule has 2 atom stereocenters. The molecular formula is C14H30N2. The van der Waals surface area contributed by atoms with E-state index < -0.39 is 0 Å². The number of likely N-dealkylation sites (tertiary alicyclic amines) is 1. The van der Waals surface area contributed by atoms with Gasteiger partial charge in [-0.15, -0.1) is 0 Å². The summed E-state index contributed by atoms with van der Waals surface area (Å²) in [5, 5.41) is 3.50. The van der Waals surface area contributed by atoms with Gasteiger partial charge in [0.15, 0.2) is 0 Å². The normalized spacial score (nSPS) is 23.8. The Morgan fingerprint density at radius 3 is 2.75 bits per heavy atom. The zero-order valence-corrected chi connectivity index (χ0v) is 11.5. The van der Waals surface area contributed by atoms with Gasteiger partial charge >= 0.3 is 0 Å². The first-order chi connectivity index (χ1) is 7.77. The van der Waals surface area contributed by atoms with Gasteiger partial charge in [-0.1, -0.05) is 20.3 Å². The minimum absolute atomic E-state index is 0.770. The smallest absolute Gasteiger partial charge is 0.00791 e. The highest BCUT2D eigenvalue weighted by Gasteiger charge is 2.24. The van der Waals surface area contributed by atoms with Crippen molar-refractivity contribution in [3.8, 4) is 0 Å². The standard InChI is InChI=1S/C14H30N2/c1-4-6-14-8-11-16(12-14)13(3)7-10-15-9-5-2/h13-15H,4-12H2,1-3H3. The fourth-order valence-corrected chi connectivity index (χ4v) is 2.70. The molecule has 0 aromatic heterocycles. The second-order valence-corrected chi connectivity index (χ2v) is 5.33. The Morgan fingerprint density at radius 1 is 1.25 bits per heavy atom. The van der Waals surface area contributed by atoms with E-state index in [-0.39, 0.29) is 0 Å². The largest absolute Gasteiger partial charge is 0.317 e. The lowest BCUT2D eigenvalue weighted by Crippen LogP contribution is -2.33. The van der Waals surface area contributed by atoms with Crippen molar-refractivity contribution in [2.45, 2.75) is 58.9 Å². The van der Waals surface area contributed by atoms with E-state index in [1.54, 1.807) is 0 Å². The third kappa shape index (κ3) is 4.84. The van der Waals surface area contributed by atoms with Crippen molar-refractivity contribution >= 4 is 0 Å². The van der Waals surface area contributed by atoms with Crippen LogP contribution in [0.1, 0.15) is 52.9 Å². The molecule has 16 heavy (non-hydrogen) atoms. The van der Waals surface area contributed by atoms with Crippen LogP contribution in [-0.2, 0) is 0 Å². The summed E-state index contributed by atoms with van der Waals surface area (Å²) in [4.78, 5) is 2.69. The highest BCUT2D eigenvalue weighted by atomic mass is 15.2. The van der Waals surface area contributed by atoms with E-state index in [1.165, 1.54) is 58.3 Å². The highest BCUT2D eigenvalue weighted by Crippen LogP contribution is 2.23. The Kier molecular flexibility index (Phi) is 7.06. The van der Waals surface area contributed by atoms with Gasteiger partial charge in [0.05, 0.1) is 0 Å². The molecule has 0 aromatic carbocycles. The SMILES string of the molecule is CCCNCCC(C)N1CCC(CCC)C1. The fourth-order valence-electron chi connectivity index (χ4n) is 2.70. The molecule has 1 N–H and O–H groups in total. The Labute approximate surface area is 102 Å². The van der Waals surface area contributed by atoms with E-state index in [4.69, 9.17) is 0 Å². The van der Waals surface area contributed by atoms with E-state index in [2.05, 4.69) is 31.0 Å². The molecule has 0 amide bonds. The third-order valence-corrected chi connectivity index (χ3v) is 3.80. The van der Waals surface area contributed by atoms with Crippen LogP contribution < -0.4 is 5.32 Å². The van der Waals surface area contributed by atoms with Crippen LogP contribution in [0.15, 0.2) is 0 Å². The molecule has 0 spiro atoms. The fraction of sp³-hybridized carbons (Fsp3) is 1.00. The molecule has 1 heterocycles. The van der Waals surface area contributed by atoms with E-state index in [0.29, 0.717) is 0 Å². The van der Waals surface area contributed by atoms with Crippen LogP contribution in [0, 0.1) is 5.92 Å². The molecule has 1 saturated heterocycles. The van der Waals surface area contributed by atoms with Gasteiger partial charge in [0.1, 0.15) is 0 Å². The van der Waals surface area contributed by atoms with Crippen molar-refractivity contribution in [3.63, 3.8) is 0 Å². The molecular weight excluding hydrogens is 196 g/mol. The molecule has 0 aliphatic carbocycles. The van der Waals surface area contributed by atoms with Crippen molar-refractivity contribution in [2.75, 3.05) is 26.2 Å². The number of rotatable bonds is 8. The van der Waals surface area contributed by atoms with E-state index in [0.717, 1.165) is 12.0 Å². The molecule has 2 nitrogen and oxygen atoms in total. The van der Waals surface area contributed by atoms with E-state index >= 15 is 0 Å². The lowest BCUT2D eigenvalue weighted by molar-refractivity contribution is 0.235. The molecule has 2 unspecified atom stereocenters. The molecule has 96 valence electrons. The first-order valence-electron chi connectivity index (χ1n) is 7.22. The van der Waals surface area contributed by atoms with E-state index in [1.807, 2.05) is 0 Å². The average molecular weight is 226 g/mol. The monoisotopic (exact) mass is 226 g/mol. The molecule has 1 aliphatic heterocycles. The Bertz CT molecular complexity index is 170. The third-order valence-electron chi connectivity index (χ3n) is 3.80. The predicted molar refractivity (Wildman–Crippen MR) is 71.8 cm³/mol. The van der Waals surface area contributed by atoms with Gasteiger partial charge in [-0.2, -0.15) is 0 Å². The molecule has 2 heteroatoms. The average Bonchev–Trinajstić information content (AvgIpc) is 2.73. The minimum atomic E-state index is 0.770. The zero-order valence-electron chi connectivity index (χ0n) is 11.5. The summed E-state index contributed by atoms with van der Waals surface area (Å²) in [7, 11) is 0. The predicted octanol–water partition coefficient (Wildman–Crippen LogP) is 2.89. The molecule has 0 saturated carbocycles. The lowest BCUT2D eigenvalue weighted by atomic mass is 10.0. The zero-order chi connectivity index (χ0) is 11.8. The van der Waals surface area contributed by atoms with E-state index in [9.17, 15) is 0 Å². The van der Waals surface area contributed by atoms with Gasteiger partial charge in [-0.3, -0.25) is 0 Å². The lowest BCUT2D eigenvalue weighted by Gasteiger charge is -2.24. The summed E-state index contributed by atoms with van der Waals surface area (Å²) >= 11 is 0. The topological polar surface area (TPSA) is 15.3 Å². The van der Waals surface area contributed by atoms with Gasteiger partial charge < -0.3 is 10.2 Å². The number of hydrogen-bond acceptors (Lipinski definition) is 2. The number of hydrogen-bond donors (Lipinski definition) is 1. The maximum atomic E-state index is 3.50. The molecule has 0 bridgehead atoms. The second-order valence-electron chi connectivity index (χ2n) is 5.33. The van der Waals surface area contributed by atoms with Crippen molar-refractivity contribution < 1.29 is 0 Å². The Hall–Kier alpha value is -0.0800. The van der Waals surface area contributed by atoms with Gasteiger partial charge in [0.25, 0.3) is 0 Å².